The summed E-state index contributed by atoms with van der Waals surface area (Å²) in [5.41, 5.74) is 1.78. The fourth-order valence-corrected chi connectivity index (χ4v) is 4.79. The zero-order valence-electron chi connectivity index (χ0n) is 20.2. The third-order valence-electron chi connectivity index (χ3n) is 6.52. The van der Waals surface area contributed by atoms with Gasteiger partial charge in [-0.15, -0.1) is 24.3 Å². The fraction of sp³-hybridized carbons (Fsp3) is 0. The Hall–Kier alpha value is -4.04. The molecule has 0 atom stereocenters. The molecule has 0 saturated heterocycles. The van der Waals surface area contributed by atoms with E-state index in [1.807, 2.05) is 42.5 Å². The van der Waals surface area contributed by atoms with E-state index >= 15 is 0 Å². The van der Waals surface area contributed by atoms with E-state index in [1.165, 1.54) is 32.3 Å². The van der Waals surface area contributed by atoms with Gasteiger partial charge in [-0.1, -0.05) is 66.2 Å². The third-order valence-corrected chi connectivity index (χ3v) is 6.52. The fourth-order valence-electron chi connectivity index (χ4n) is 4.79. The maximum absolute atomic E-state index is 5.80. The van der Waals surface area contributed by atoms with E-state index in [1.54, 1.807) is 6.33 Å². The molecule has 0 aliphatic carbocycles. The van der Waals surface area contributed by atoms with Gasteiger partial charge in [-0.25, -0.2) is 15.0 Å². The number of fused-ring (bicyclic) bond motifs is 6. The van der Waals surface area contributed by atoms with Crippen LogP contribution < -0.4 is 4.74 Å². The van der Waals surface area contributed by atoms with Gasteiger partial charge in [0.1, 0.15) is 12.2 Å². The molecule has 1 heterocycles. The van der Waals surface area contributed by atoms with Crippen LogP contribution in [-0.2, 0) is 0 Å². The van der Waals surface area contributed by atoms with Crippen LogP contribution >= 0.6 is 0 Å². The molecule has 176 valence electrons. The van der Waals surface area contributed by atoms with Crippen molar-refractivity contribution in [1.29, 1.82) is 0 Å². The monoisotopic (exact) mass is 711 g/mol. The summed E-state index contributed by atoms with van der Waals surface area (Å²) in [6.45, 7) is 0. The van der Waals surface area contributed by atoms with Crippen LogP contribution in [0, 0.1) is 43.2 Å². The summed E-state index contributed by atoms with van der Waals surface area (Å²) in [6.07, 6.45) is 1.56. The molecule has 0 spiro atoms. The Kier molecular flexibility index (Phi) is 6.64. The van der Waals surface area contributed by atoms with Crippen LogP contribution in [-0.4, -0.2) is 15.0 Å². The largest absolute Gasteiger partial charge is 2.00 e. The zero-order chi connectivity index (χ0) is 24.6. The molecule has 6 aromatic carbocycles. The molecule has 0 amide bonds. The van der Waals surface area contributed by atoms with Crippen LogP contribution in [0.2, 0.25) is 0 Å². The Labute approximate surface area is 243 Å². The predicted molar refractivity (Wildman–Crippen MR) is 147 cm³/mol. The number of hydrogen-bond donors (Lipinski definition) is 0. The number of rotatable bonds is 4. The first-order valence-corrected chi connectivity index (χ1v) is 12.0. The van der Waals surface area contributed by atoms with Crippen LogP contribution in [0.15, 0.2) is 116 Å². The van der Waals surface area contributed by atoms with Crippen molar-refractivity contribution < 1.29 is 35.9 Å². The second-order valence-corrected chi connectivity index (χ2v) is 8.75. The van der Waals surface area contributed by atoms with Crippen molar-refractivity contribution in [3.63, 3.8) is 0 Å². The Morgan fingerprint density at radius 3 is 1.74 bits per heavy atom. The SMILES string of the molecule is [U+2].[c-]1ccccc1Oc1[c-]cc(-c2ncnc(-c3ccc4c5ccccc5c5ccccc5c4c3)n2)cc1. The molecule has 0 N–H and O–H groups in total. The molecule has 7 aromatic rings. The number of nitrogens with zero attached hydrogens (tertiary/aromatic N) is 3. The molecule has 38 heavy (non-hydrogen) atoms. The van der Waals surface area contributed by atoms with Crippen molar-refractivity contribution in [1.82, 2.24) is 15.0 Å². The van der Waals surface area contributed by atoms with Gasteiger partial charge in [-0.3, -0.25) is 0 Å². The third kappa shape index (κ3) is 4.45. The average molecular weight is 712 g/mol. The molecule has 4 nitrogen and oxygen atoms in total. The standard InChI is InChI=1S/C33H19N3O.U/c1-2-8-24(9-3-1)37-25-17-14-22(15-18-25)32-34-21-35-33(36-32)23-16-19-30-28-12-5-4-10-26(28)27-11-6-7-13-29(27)31(30)20-23;/h1-8,10-17,19-21H;/q-2;+2. The van der Waals surface area contributed by atoms with E-state index in [2.05, 4.69) is 88.8 Å². The predicted octanol–water partition coefficient (Wildman–Crippen LogP) is 8.06. The van der Waals surface area contributed by atoms with Crippen LogP contribution in [0.4, 0.5) is 0 Å². The Balaban J connectivity index is 0.00000264. The molecule has 0 bridgehead atoms. The van der Waals surface area contributed by atoms with Gasteiger partial charge in [0.05, 0.1) is 0 Å². The van der Waals surface area contributed by atoms with Crippen molar-refractivity contribution in [2.24, 2.45) is 0 Å². The van der Waals surface area contributed by atoms with Crippen LogP contribution in [0.25, 0.3) is 55.1 Å². The van der Waals surface area contributed by atoms with E-state index in [4.69, 9.17) is 9.72 Å². The minimum absolute atomic E-state index is 0. The number of hydrogen-bond acceptors (Lipinski definition) is 4. The second kappa shape index (κ2) is 10.4. The first-order chi connectivity index (χ1) is 18.3. The summed E-state index contributed by atoms with van der Waals surface area (Å²) in [6, 6.07) is 42.8. The van der Waals surface area contributed by atoms with E-state index in [0.29, 0.717) is 23.1 Å². The molecule has 0 aliphatic rings. The summed E-state index contributed by atoms with van der Waals surface area (Å²) >= 11 is 0. The second-order valence-electron chi connectivity index (χ2n) is 8.75. The van der Waals surface area contributed by atoms with Crippen LogP contribution in [0.3, 0.4) is 0 Å². The van der Waals surface area contributed by atoms with Gasteiger partial charge in [0, 0.05) is 17.1 Å². The summed E-state index contributed by atoms with van der Waals surface area (Å²) in [5.74, 6) is 2.46. The maximum atomic E-state index is 5.80. The summed E-state index contributed by atoms with van der Waals surface area (Å²) < 4.78 is 5.80. The average Bonchev–Trinajstić information content (AvgIpc) is 2.98. The molecule has 0 saturated carbocycles. The van der Waals surface area contributed by atoms with Crippen molar-refractivity contribution in [3.05, 3.63) is 128 Å². The first kappa shape index (κ1) is 24.3. The molecule has 5 heteroatoms. The van der Waals surface area contributed by atoms with Gasteiger partial charge in [0.2, 0.25) is 0 Å². The molecule has 1 aromatic heterocycles. The van der Waals surface area contributed by atoms with Crippen LogP contribution in [0.1, 0.15) is 0 Å². The summed E-state index contributed by atoms with van der Waals surface area (Å²) in [7, 11) is 0. The Morgan fingerprint density at radius 1 is 0.526 bits per heavy atom. The first-order valence-electron chi connectivity index (χ1n) is 12.0. The molecular formula is C33H19N3OU. The van der Waals surface area contributed by atoms with E-state index < -0.39 is 0 Å². The Bertz CT molecular complexity index is 1870. The summed E-state index contributed by atoms with van der Waals surface area (Å²) in [5, 5.41) is 7.35. The summed E-state index contributed by atoms with van der Waals surface area (Å²) in [4.78, 5) is 13.7. The number of ether oxygens (including phenoxy) is 1. The van der Waals surface area contributed by atoms with Crippen molar-refractivity contribution in [3.8, 4) is 34.3 Å². The smallest absolute Gasteiger partial charge is 0.509 e. The topological polar surface area (TPSA) is 47.9 Å². The molecule has 0 fully saturated rings. The number of aromatic nitrogens is 3. The molecule has 7 rings (SSSR count). The van der Waals surface area contributed by atoms with E-state index in [-0.39, 0.29) is 31.1 Å². The van der Waals surface area contributed by atoms with Gasteiger partial charge in [0.15, 0.2) is 5.82 Å². The van der Waals surface area contributed by atoms with Crippen LogP contribution in [0.5, 0.6) is 11.5 Å². The molecule has 0 radical (unpaired) electrons. The Morgan fingerprint density at radius 2 is 1.11 bits per heavy atom. The van der Waals surface area contributed by atoms with Gasteiger partial charge in [-0.05, 0) is 38.4 Å². The zero-order valence-corrected chi connectivity index (χ0v) is 24.4. The van der Waals surface area contributed by atoms with E-state index in [9.17, 15) is 0 Å². The van der Waals surface area contributed by atoms with Crippen molar-refractivity contribution >= 4 is 32.3 Å². The molecule has 0 aliphatic heterocycles. The minimum atomic E-state index is 0. The van der Waals surface area contributed by atoms with Gasteiger partial charge in [-0.2, -0.15) is 30.3 Å². The number of para-hydroxylation sites is 1. The quantitative estimate of drug-likeness (QED) is 0.137. The maximum Gasteiger partial charge on any atom is 2.00 e. The van der Waals surface area contributed by atoms with Gasteiger partial charge in [0.25, 0.3) is 0 Å². The van der Waals surface area contributed by atoms with Gasteiger partial charge >= 0.3 is 31.1 Å². The van der Waals surface area contributed by atoms with Gasteiger partial charge < -0.3 is 4.74 Å². The van der Waals surface area contributed by atoms with Crippen molar-refractivity contribution in [2.45, 2.75) is 0 Å². The molecular weight excluding hydrogens is 692 g/mol. The molecule has 0 unspecified atom stereocenters. The number of benzene rings is 6. The van der Waals surface area contributed by atoms with E-state index in [0.717, 1.165) is 11.1 Å². The normalized spacial score (nSPS) is 10.9. The van der Waals surface area contributed by atoms with Crippen molar-refractivity contribution in [2.75, 3.05) is 0 Å². The minimum Gasteiger partial charge on any atom is -0.509 e.